The van der Waals surface area contributed by atoms with Gasteiger partial charge in [-0.3, -0.25) is 4.79 Å². The van der Waals surface area contributed by atoms with Gasteiger partial charge in [0.1, 0.15) is 17.3 Å². The lowest BCUT2D eigenvalue weighted by Crippen LogP contribution is -2.15. The van der Waals surface area contributed by atoms with Gasteiger partial charge in [0, 0.05) is 22.5 Å². The number of nitrogens with one attached hydrogen (secondary N) is 2. The molecule has 0 unspecified atom stereocenters. The van der Waals surface area contributed by atoms with Gasteiger partial charge < -0.3 is 10.6 Å². The number of halogens is 3. The molecule has 5 nitrogen and oxygen atoms in total. The zero-order chi connectivity index (χ0) is 19.6. The minimum atomic E-state index is -0.791. The summed E-state index contributed by atoms with van der Waals surface area (Å²) in [5, 5.41) is 5.88. The molecule has 1 aromatic heterocycles. The molecule has 8 heteroatoms. The van der Waals surface area contributed by atoms with Crippen molar-refractivity contribution in [3.05, 3.63) is 76.1 Å². The van der Waals surface area contributed by atoms with Gasteiger partial charge in [-0.25, -0.2) is 18.7 Å². The molecule has 0 aliphatic heterocycles. The Balaban J connectivity index is 1.83. The van der Waals surface area contributed by atoms with Crippen LogP contribution in [0.3, 0.4) is 0 Å². The number of rotatable bonds is 4. The second-order valence-corrected chi connectivity index (χ2v) is 6.29. The van der Waals surface area contributed by atoms with Crippen molar-refractivity contribution in [2.45, 2.75) is 13.8 Å². The van der Waals surface area contributed by atoms with Crippen LogP contribution in [0, 0.1) is 25.5 Å². The number of aryl methyl sites for hydroxylation is 2. The van der Waals surface area contributed by atoms with E-state index in [2.05, 4.69) is 20.6 Å². The van der Waals surface area contributed by atoms with Gasteiger partial charge in [0.2, 0.25) is 5.95 Å². The SMILES string of the molecule is Cc1cc(C(=O)Nc2ccc(C)c(Cl)c2)nc(Nc2ccc(F)cc2F)n1. The quantitative estimate of drug-likeness (QED) is 0.658. The summed E-state index contributed by atoms with van der Waals surface area (Å²) < 4.78 is 26.8. The van der Waals surface area contributed by atoms with Crippen LogP contribution in [0.4, 0.5) is 26.1 Å². The lowest BCUT2D eigenvalue weighted by molar-refractivity contribution is 0.102. The molecule has 2 aromatic carbocycles. The standard InChI is InChI=1S/C19H15ClF2N4O/c1-10-3-5-13(9-14(10)20)24-18(27)17-7-11(2)23-19(26-17)25-16-6-4-12(21)8-15(16)22/h3-9H,1-2H3,(H,24,27)(H,23,25,26). The average Bonchev–Trinajstić information content (AvgIpc) is 2.60. The fourth-order valence-corrected chi connectivity index (χ4v) is 2.50. The number of carbonyl (C=O) groups excluding carboxylic acids is 1. The van der Waals surface area contributed by atoms with Crippen LogP contribution in [0.2, 0.25) is 5.02 Å². The lowest BCUT2D eigenvalue weighted by Gasteiger charge is -2.10. The van der Waals surface area contributed by atoms with Gasteiger partial charge in [0.25, 0.3) is 5.91 Å². The number of carbonyl (C=O) groups is 1. The molecular formula is C19H15ClF2N4O. The molecule has 0 atom stereocenters. The minimum absolute atomic E-state index is 0.00123. The largest absolute Gasteiger partial charge is 0.322 e. The van der Waals surface area contributed by atoms with Gasteiger partial charge in [-0.2, -0.15) is 0 Å². The highest BCUT2D eigenvalue weighted by Crippen LogP contribution is 2.21. The van der Waals surface area contributed by atoms with E-state index >= 15 is 0 Å². The number of anilines is 3. The van der Waals surface area contributed by atoms with Crippen molar-refractivity contribution >= 4 is 34.8 Å². The molecule has 2 N–H and O–H groups in total. The van der Waals surface area contributed by atoms with Gasteiger partial charge in [-0.1, -0.05) is 17.7 Å². The van der Waals surface area contributed by atoms with Crippen molar-refractivity contribution < 1.29 is 13.6 Å². The van der Waals surface area contributed by atoms with E-state index in [1.165, 1.54) is 12.1 Å². The summed E-state index contributed by atoms with van der Waals surface area (Å²) in [5.74, 6) is -1.93. The normalized spacial score (nSPS) is 10.6. The minimum Gasteiger partial charge on any atom is -0.322 e. The van der Waals surface area contributed by atoms with Crippen LogP contribution < -0.4 is 10.6 Å². The maximum Gasteiger partial charge on any atom is 0.274 e. The predicted octanol–water partition coefficient (Wildman–Crippen LogP) is 5.02. The van der Waals surface area contributed by atoms with E-state index in [-0.39, 0.29) is 17.3 Å². The van der Waals surface area contributed by atoms with E-state index in [9.17, 15) is 13.6 Å². The van der Waals surface area contributed by atoms with E-state index < -0.39 is 17.5 Å². The van der Waals surface area contributed by atoms with Crippen LogP contribution in [0.15, 0.2) is 42.5 Å². The number of hydrogen-bond donors (Lipinski definition) is 2. The van der Waals surface area contributed by atoms with Gasteiger partial charge in [-0.15, -0.1) is 0 Å². The third kappa shape index (κ3) is 4.57. The molecule has 0 fully saturated rings. The van der Waals surface area contributed by atoms with Crippen molar-refractivity contribution in [2.75, 3.05) is 10.6 Å². The Bertz CT molecular complexity index is 1030. The Labute approximate surface area is 159 Å². The van der Waals surface area contributed by atoms with E-state index in [1.54, 1.807) is 25.1 Å². The van der Waals surface area contributed by atoms with Gasteiger partial charge in [0.05, 0.1) is 5.69 Å². The first-order valence-electron chi connectivity index (χ1n) is 7.97. The van der Waals surface area contributed by atoms with Crippen molar-refractivity contribution in [3.63, 3.8) is 0 Å². The lowest BCUT2D eigenvalue weighted by atomic mass is 10.2. The molecule has 0 bridgehead atoms. The van der Waals surface area contributed by atoms with Gasteiger partial charge >= 0.3 is 0 Å². The smallest absolute Gasteiger partial charge is 0.274 e. The summed E-state index contributed by atoms with van der Waals surface area (Å²) in [5.41, 5.74) is 2.00. The predicted molar refractivity (Wildman–Crippen MR) is 101 cm³/mol. The van der Waals surface area contributed by atoms with Crippen LogP contribution in [-0.4, -0.2) is 15.9 Å². The molecule has 0 radical (unpaired) electrons. The molecule has 0 aliphatic carbocycles. The molecule has 1 amide bonds. The number of hydrogen-bond acceptors (Lipinski definition) is 4. The van der Waals surface area contributed by atoms with Gasteiger partial charge in [-0.05, 0) is 49.7 Å². The number of benzene rings is 2. The first-order chi connectivity index (χ1) is 12.8. The first kappa shape index (κ1) is 18.7. The van der Waals surface area contributed by atoms with Crippen LogP contribution in [0.1, 0.15) is 21.7 Å². The zero-order valence-electron chi connectivity index (χ0n) is 14.5. The summed E-state index contributed by atoms with van der Waals surface area (Å²) in [6, 6.07) is 9.72. The summed E-state index contributed by atoms with van der Waals surface area (Å²) in [6.07, 6.45) is 0. The van der Waals surface area contributed by atoms with Gasteiger partial charge in [0.15, 0.2) is 0 Å². The number of amides is 1. The van der Waals surface area contributed by atoms with E-state index in [4.69, 9.17) is 11.6 Å². The molecule has 27 heavy (non-hydrogen) atoms. The molecule has 0 saturated heterocycles. The first-order valence-corrected chi connectivity index (χ1v) is 8.35. The summed E-state index contributed by atoms with van der Waals surface area (Å²) in [7, 11) is 0. The second-order valence-electron chi connectivity index (χ2n) is 5.89. The second kappa shape index (κ2) is 7.67. The fourth-order valence-electron chi connectivity index (χ4n) is 2.32. The zero-order valence-corrected chi connectivity index (χ0v) is 15.2. The molecular weight excluding hydrogens is 374 g/mol. The average molecular weight is 389 g/mol. The monoisotopic (exact) mass is 388 g/mol. The summed E-state index contributed by atoms with van der Waals surface area (Å²) in [4.78, 5) is 20.7. The number of aromatic nitrogens is 2. The van der Waals surface area contributed by atoms with E-state index in [0.717, 1.165) is 17.7 Å². The molecule has 1 heterocycles. The maximum absolute atomic E-state index is 13.8. The van der Waals surface area contributed by atoms with Crippen molar-refractivity contribution in [1.82, 2.24) is 9.97 Å². The number of nitrogens with zero attached hydrogens (tertiary/aromatic N) is 2. The van der Waals surface area contributed by atoms with Crippen molar-refractivity contribution in [1.29, 1.82) is 0 Å². The Hall–Kier alpha value is -3.06. The van der Waals surface area contributed by atoms with E-state index in [0.29, 0.717) is 16.4 Å². The van der Waals surface area contributed by atoms with Crippen molar-refractivity contribution in [3.8, 4) is 0 Å². The van der Waals surface area contributed by atoms with E-state index in [1.807, 2.05) is 6.92 Å². The highest BCUT2D eigenvalue weighted by Gasteiger charge is 2.13. The summed E-state index contributed by atoms with van der Waals surface area (Å²) >= 11 is 6.06. The highest BCUT2D eigenvalue weighted by atomic mass is 35.5. The third-order valence-corrected chi connectivity index (χ3v) is 4.10. The van der Waals surface area contributed by atoms with Crippen LogP contribution >= 0.6 is 11.6 Å². The van der Waals surface area contributed by atoms with Crippen molar-refractivity contribution in [2.24, 2.45) is 0 Å². The fraction of sp³-hybridized carbons (Fsp3) is 0.105. The molecule has 0 aliphatic rings. The topological polar surface area (TPSA) is 66.9 Å². The maximum atomic E-state index is 13.8. The Morgan fingerprint density at radius 1 is 1.04 bits per heavy atom. The molecule has 3 aromatic rings. The highest BCUT2D eigenvalue weighted by molar-refractivity contribution is 6.31. The molecule has 0 saturated carbocycles. The molecule has 3 rings (SSSR count). The van der Waals surface area contributed by atoms with Crippen LogP contribution in [-0.2, 0) is 0 Å². The molecule has 138 valence electrons. The molecule has 0 spiro atoms. The van der Waals surface area contributed by atoms with Crippen LogP contribution in [0.5, 0.6) is 0 Å². The Morgan fingerprint density at radius 2 is 1.81 bits per heavy atom. The third-order valence-electron chi connectivity index (χ3n) is 3.69. The Morgan fingerprint density at radius 3 is 2.52 bits per heavy atom. The summed E-state index contributed by atoms with van der Waals surface area (Å²) in [6.45, 7) is 3.53. The van der Waals surface area contributed by atoms with Crippen LogP contribution in [0.25, 0.3) is 0 Å². The Kier molecular flexibility index (Phi) is 5.32.